The summed E-state index contributed by atoms with van der Waals surface area (Å²) in [5, 5.41) is 3.53. The summed E-state index contributed by atoms with van der Waals surface area (Å²) >= 11 is 0. The number of carbonyl (C=O) groups excluding carboxylic acids is 1. The Labute approximate surface area is 131 Å². The maximum Gasteiger partial charge on any atom is 0.236 e. The molecule has 1 rings (SSSR count). The number of amides is 1. The molecule has 124 valence electrons. The first-order chi connectivity index (χ1) is 10.3. The molecule has 3 heteroatoms. The summed E-state index contributed by atoms with van der Waals surface area (Å²) in [5.74, 6) is 0.256. The van der Waals surface area contributed by atoms with Gasteiger partial charge in [0.1, 0.15) is 0 Å². The van der Waals surface area contributed by atoms with Gasteiger partial charge in [-0.1, -0.05) is 57.8 Å². The van der Waals surface area contributed by atoms with Gasteiger partial charge in [0.15, 0.2) is 0 Å². The first-order valence-corrected chi connectivity index (χ1v) is 9.29. The molecule has 0 aromatic carbocycles. The minimum atomic E-state index is 0.256. The third kappa shape index (κ3) is 8.45. The SMILES string of the molecule is CCN(CC)C(=O)CNC1CCCCCCCCCCC1. The van der Waals surface area contributed by atoms with Gasteiger partial charge in [-0.2, -0.15) is 0 Å². The number of likely N-dealkylation sites (N-methyl/N-ethyl adjacent to an activating group) is 1. The summed E-state index contributed by atoms with van der Waals surface area (Å²) < 4.78 is 0. The van der Waals surface area contributed by atoms with Crippen molar-refractivity contribution in [3.63, 3.8) is 0 Å². The fourth-order valence-corrected chi connectivity index (χ4v) is 3.29. The fourth-order valence-electron chi connectivity index (χ4n) is 3.29. The third-order valence-corrected chi connectivity index (χ3v) is 4.76. The molecule has 1 saturated carbocycles. The lowest BCUT2D eigenvalue weighted by molar-refractivity contribution is -0.130. The molecule has 0 aromatic rings. The molecule has 0 aliphatic heterocycles. The highest BCUT2D eigenvalue weighted by atomic mass is 16.2. The molecule has 1 amide bonds. The van der Waals surface area contributed by atoms with Crippen LogP contribution in [0.25, 0.3) is 0 Å². The Balaban J connectivity index is 2.32. The number of rotatable bonds is 5. The fraction of sp³-hybridized carbons (Fsp3) is 0.944. The molecule has 0 bridgehead atoms. The molecule has 3 nitrogen and oxygen atoms in total. The lowest BCUT2D eigenvalue weighted by Gasteiger charge is -2.23. The highest BCUT2D eigenvalue weighted by molar-refractivity contribution is 5.78. The lowest BCUT2D eigenvalue weighted by Crippen LogP contribution is -2.41. The number of nitrogens with one attached hydrogen (secondary N) is 1. The lowest BCUT2D eigenvalue weighted by atomic mass is 9.98. The Morgan fingerprint density at radius 3 is 1.71 bits per heavy atom. The van der Waals surface area contributed by atoms with Crippen LogP contribution in [-0.2, 0) is 4.79 Å². The summed E-state index contributed by atoms with van der Waals surface area (Å²) in [7, 11) is 0. The number of carbonyl (C=O) groups is 1. The topological polar surface area (TPSA) is 32.3 Å². The number of hydrogen-bond acceptors (Lipinski definition) is 2. The minimum Gasteiger partial charge on any atom is -0.342 e. The predicted octanol–water partition coefficient (Wildman–Crippen LogP) is 4.12. The van der Waals surface area contributed by atoms with E-state index in [1.165, 1.54) is 70.6 Å². The molecule has 0 heterocycles. The van der Waals surface area contributed by atoms with Crippen molar-refractivity contribution >= 4 is 5.91 Å². The average Bonchev–Trinajstić information content (AvgIpc) is 2.48. The largest absolute Gasteiger partial charge is 0.342 e. The van der Waals surface area contributed by atoms with Crippen molar-refractivity contribution in [1.82, 2.24) is 10.2 Å². The molecule has 0 aromatic heterocycles. The molecule has 0 saturated heterocycles. The third-order valence-electron chi connectivity index (χ3n) is 4.76. The van der Waals surface area contributed by atoms with E-state index in [1.807, 2.05) is 4.90 Å². The van der Waals surface area contributed by atoms with E-state index in [-0.39, 0.29) is 5.91 Å². The second-order valence-electron chi connectivity index (χ2n) is 6.40. The normalized spacial score (nSPS) is 19.5. The van der Waals surface area contributed by atoms with Gasteiger partial charge >= 0.3 is 0 Å². The van der Waals surface area contributed by atoms with Crippen LogP contribution < -0.4 is 5.32 Å². The summed E-state index contributed by atoms with van der Waals surface area (Å²) in [5.41, 5.74) is 0. The smallest absolute Gasteiger partial charge is 0.236 e. The minimum absolute atomic E-state index is 0.256. The number of nitrogens with zero attached hydrogens (tertiary/aromatic N) is 1. The molecule has 1 fully saturated rings. The van der Waals surface area contributed by atoms with Crippen LogP contribution in [0.5, 0.6) is 0 Å². The van der Waals surface area contributed by atoms with E-state index in [0.29, 0.717) is 12.6 Å². The van der Waals surface area contributed by atoms with Crippen molar-refractivity contribution in [3.05, 3.63) is 0 Å². The molecular formula is C18H36N2O. The van der Waals surface area contributed by atoms with Crippen LogP contribution in [0.2, 0.25) is 0 Å². The molecule has 0 unspecified atom stereocenters. The second-order valence-corrected chi connectivity index (χ2v) is 6.40. The van der Waals surface area contributed by atoms with Gasteiger partial charge in [0, 0.05) is 19.1 Å². The zero-order chi connectivity index (χ0) is 15.3. The molecule has 21 heavy (non-hydrogen) atoms. The summed E-state index contributed by atoms with van der Waals surface area (Å²) in [6.07, 6.45) is 14.9. The van der Waals surface area contributed by atoms with Gasteiger partial charge in [-0.3, -0.25) is 4.79 Å². The molecule has 0 radical (unpaired) electrons. The van der Waals surface area contributed by atoms with Crippen LogP contribution in [0.3, 0.4) is 0 Å². The van der Waals surface area contributed by atoms with E-state index < -0.39 is 0 Å². The highest BCUT2D eigenvalue weighted by Gasteiger charge is 2.13. The predicted molar refractivity (Wildman–Crippen MR) is 90.5 cm³/mol. The summed E-state index contributed by atoms with van der Waals surface area (Å²) in [4.78, 5) is 14.0. The molecule has 1 N–H and O–H groups in total. The van der Waals surface area contributed by atoms with E-state index >= 15 is 0 Å². The molecule has 0 spiro atoms. The maximum atomic E-state index is 12.1. The Hall–Kier alpha value is -0.570. The van der Waals surface area contributed by atoms with Crippen LogP contribution in [0.4, 0.5) is 0 Å². The van der Waals surface area contributed by atoms with Gasteiger partial charge in [-0.05, 0) is 26.7 Å². The van der Waals surface area contributed by atoms with Crippen molar-refractivity contribution in [3.8, 4) is 0 Å². The Kier molecular flexibility index (Phi) is 10.6. The second kappa shape index (κ2) is 12.0. The van der Waals surface area contributed by atoms with Crippen molar-refractivity contribution in [2.75, 3.05) is 19.6 Å². The van der Waals surface area contributed by atoms with E-state index in [1.54, 1.807) is 0 Å². The summed E-state index contributed by atoms with van der Waals surface area (Å²) in [6, 6.07) is 0.545. The van der Waals surface area contributed by atoms with Crippen molar-refractivity contribution < 1.29 is 4.79 Å². The molecular weight excluding hydrogens is 260 g/mol. The van der Waals surface area contributed by atoms with Gasteiger partial charge in [-0.25, -0.2) is 0 Å². The van der Waals surface area contributed by atoms with Crippen LogP contribution in [0.1, 0.15) is 84.5 Å². The Morgan fingerprint density at radius 2 is 1.29 bits per heavy atom. The quantitative estimate of drug-likeness (QED) is 0.827. The molecule has 1 aliphatic rings. The van der Waals surface area contributed by atoms with E-state index in [0.717, 1.165) is 13.1 Å². The summed E-state index contributed by atoms with van der Waals surface area (Å²) in [6.45, 7) is 6.27. The van der Waals surface area contributed by atoms with Crippen molar-refractivity contribution in [1.29, 1.82) is 0 Å². The monoisotopic (exact) mass is 296 g/mol. The first-order valence-electron chi connectivity index (χ1n) is 9.29. The van der Waals surface area contributed by atoms with Gasteiger partial charge in [-0.15, -0.1) is 0 Å². The van der Waals surface area contributed by atoms with Gasteiger partial charge in [0.2, 0.25) is 5.91 Å². The van der Waals surface area contributed by atoms with Crippen LogP contribution in [0.15, 0.2) is 0 Å². The van der Waals surface area contributed by atoms with Gasteiger partial charge < -0.3 is 10.2 Å². The van der Waals surface area contributed by atoms with E-state index in [4.69, 9.17) is 0 Å². The maximum absolute atomic E-state index is 12.1. The van der Waals surface area contributed by atoms with Crippen LogP contribution in [-0.4, -0.2) is 36.5 Å². The van der Waals surface area contributed by atoms with Gasteiger partial charge in [0.05, 0.1) is 6.54 Å². The van der Waals surface area contributed by atoms with Crippen LogP contribution >= 0.6 is 0 Å². The number of hydrogen-bond donors (Lipinski definition) is 1. The zero-order valence-electron chi connectivity index (χ0n) is 14.3. The average molecular weight is 296 g/mol. The van der Waals surface area contributed by atoms with Crippen molar-refractivity contribution in [2.45, 2.75) is 90.5 Å². The van der Waals surface area contributed by atoms with Crippen LogP contribution in [0, 0.1) is 0 Å². The molecule has 0 atom stereocenters. The highest BCUT2D eigenvalue weighted by Crippen LogP contribution is 2.16. The van der Waals surface area contributed by atoms with Crippen molar-refractivity contribution in [2.24, 2.45) is 0 Å². The van der Waals surface area contributed by atoms with E-state index in [9.17, 15) is 4.79 Å². The molecule has 1 aliphatic carbocycles. The van der Waals surface area contributed by atoms with Gasteiger partial charge in [0.25, 0.3) is 0 Å². The Bertz CT molecular complexity index is 252. The Morgan fingerprint density at radius 1 is 0.857 bits per heavy atom. The standard InChI is InChI=1S/C18H36N2O/c1-3-20(4-2)18(21)16-19-17-14-12-10-8-6-5-7-9-11-13-15-17/h17,19H,3-16H2,1-2H3. The van der Waals surface area contributed by atoms with E-state index in [2.05, 4.69) is 19.2 Å². The first kappa shape index (κ1) is 18.5. The zero-order valence-corrected chi connectivity index (χ0v) is 14.3.